The molecule has 4 nitrogen and oxygen atoms in total. The van der Waals surface area contributed by atoms with Crippen molar-refractivity contribution in [3.05, 3.63) is 47.0 Å². The lowest BCUT2D eigenvalue weighted by Gasteiger charge is -2.08. The molecule has 0 saturated heterocycles. The summed E-state index contributed by atoms with van der Waals surface area (Å²) in [6.45, 7) is 5.67. The van der Waals surface area contributed by atoms with Gasteiger partial charge in [-0.3, -0.25) is 0 Å². The maximum absolute atomic E-state index is 5.69. The van der Waals surface area contributed by atoms with E-state index in [0.29, 0.717) is 6.54 Å². The molecule has 0 aliphatic rings. The van der Waals surface area contributed by atoms with Crippen LogP contribution in [-0.2, 0) is 25.9 Å². The van der Waals surface area contributed by atoms with Crippen molar-refractivity contribution < 1.29 is 0 Å². The van der Waals surface area contributed by atoms with Gasteiger partial charge in [0, 0.05) is 13.0 Å². The van der Waals surface area contributed by atoms with E-state index in [9.17, 15) is 0 Å². The van der Waals surface area contributed by atoms with Crippen LogP contribution in [-0.4, -0.2) is 14.8 Å². The second-order valence-corrected chi connectivity index (χ2v) is 4.87. The van der Waals surface area contributed by atoms with Crippen molar-refractivity contribution in [2.45, 2.75) is 46.2 Å². The van der Waals surface area contributed by atoms with Crippen molar-refractivity contribution in [3.8, 4) is 0 Å². The summed E-state index contributed by atoms with van der Waals surface area (Å²) in [6, 6.07) is 8.66. The fraction of sp³-hybridized carbons (Fsp3) is 0.467. The van der Waals surface area contributed by atoms with Crippen LogP contribution in [0.4, 0.5) is 0 Å². The number of nitrogens with zero attached hydrogens (tertiary/aromatic N) is 3. The molecule has 1 heterocycles. The molecule has 1 aromatic carbocycles. The zero-order valence-corrected chi connectivity index (χ0v) is 11.8. The second kappa shape index (κ2) is 6.48. The lowest BCUT2D eigenvalue weighted by Crippen LogP contribution is -2.11. The molecule has 2 N–H and O–H groups in total. The van der Waals surface area contributed by atoms with Gasteiger partial charge in [0.1, 0.15) is 11.6 Å². The van der Waals surface area contributed by atoms with E-state index in [2.05, 4.69) is 52.9 Å². The van der Waals surface area contributed by atoms with E-state index in [4.69, 9.17) is 5.73 Å². The minimum atomic E-state index is 0.456. The molecule has 0 atom stereocenters. The second-order valence-electron chi connectivity index (χ2n) is 4.87. The van der Waals surface area contributed by atoms with Crippen LogP contribution in [0.15, 0.2) is 24.3 Å². The van der Waals surface area contributed by atoms with Crippen LogP contribution >= 0.6 is 0 Å². The third kappa shape index (κ3) is 3.41. The molecule has 0 bridgehead atoms. The normalized spacial score (nSPS) is 10.9. The maximum Gasteiger partial charge on any atom is 0.146 e. The predicted molar refractivity (Wildman–Crippen MR) is 76.8 cm³/mol. The first-order valence-corrected chi connectivity index (χ1v) is 6.91. The van der Waals surface area contributed by atoms with Gasteiger partial charge in [-0.15, -0.1) is 10.2 Å². The number of aryl methyl sites for hydroxylation is 3. The minimum absolute atomic E-state index is 0.456. The van der Waals surface area contributed by atoms with Gasteiger partial charge in [-0.05, 0) is 25.3 Å². The zero-order chi connectivity index (χ0) is 13.7. The Bertz CT molecular complexity index is 513. The van der Waals surface area contributed by atoms with Crippen LogP contribution in [0.1, 0.15) is 36.1 Å². The van der Waals surface area contributed by atoms with Crippen LogP contribution in [0.3, 0.4) is 0 Å². The molecule has 0 amide bonds. The minimum Gasteiger partial charge on any atom is -0.324 e. The number of benzene rings is 1. The van der Waals surface area contributed by atoms with Gasteiger partial charge in [0.05, 0.1) is 6.54 Å². The van der Waals surface area contributed by atoms with Gasteiger partial charge in [0.2, 0.25) is 0 Å². The van der Waals surface area contributed by atoms with Gasteiger partial charge in [-0.1, -0.05) is 36.8 Å². The first kappa shape index (κ1) is 13.7. The van der Waals surface area contributed by atoms with Crippen molar-refractivity contribution in [1.82, 2.24) is 14.8 Å². The fourth-order valence-electron chi connectivity index (χ4n) is 2.20. The number of rotatable bonds is 6. The van der Waals surface area contributed by atoms with E-state index in [0.717, 1.165) is 37.5 Å². The summed E-state index contributed by atoms with van der Waals surface area (Å²) in [4.78, 5) is 0. The predicted octanol–water partition coefficient (Wildman–Crippen LogP) is 2.24. The van der Waals surface area contributed by atoms with Crippen molar-refractivity contribution in [1.29, 1.82) is 0 Å². The van der Waals surface area contributed by atoms with Crippen molar-refractivity contribution in [2.24, 2.45) is 5.73 Å². The van der Waals surface area contributed by atoms with E-state index in [-0.39, 0.29) is 0 Å². The van der Waals surface area contributed by atoms with E-state index in [1.165, 1.54) is 11.1 Å². The highest BCUT2D eigenvalue weighted by atomic mass is 15.3. The SMILES string of the molecule is CCCn1c(CN)nnc1CCc1ccc(C)cc1. The molecule has 0 saturated carbocycles. The summed E-state index contributed by atoms with van der Waals surface area (Å²) in [7, 11) is 0. The fourth-order valence-corrected chi connectivity index (χ4v) is 2.20. The quantitative estimate of drug-likeness (QED) is 0.864. The highest BCUT2D eigenvalue weighted by molar-refractivity contribution is 5.21. The Kier molecular flexibility index (Phi) is 4.68. The summed E-state index contributed by atoms with van der Waals surface area (Å²) in [5, 5.41) is 8.44. The molecule has 2 rings (SSSR count). The Morgan fingerprint density at radius 3 is 2.37 bits per heavy atom. The lowest BCUT2D eigenvalue weighted by molar-refractivity contribution is 0.605. The molecule has 2 aromatic rings. The van der Waals surface area contributed by atoms with E-state index >= 15 is 0 Å². The molecule has 0 radical (unpaired) electrons. The average Bonchev–Trinajstić information content (AvgIpc) is 2.81. The highest BCUT2D eigenvalue weighted by Crippen LogP contribution is 2.09. The summed E-state index contributed by atoms with van der Waals surface area (Å²) >= 11 is 0. The molecular formula is C15H22N4. The third-order valence-corrected chi connectivity index (χ3v) is 3.29. The van der Waals surface area contributed by atoms with Gasteiger partial charge in [0.25, 0.3) is 0 Å². The summed E-state index contributed by atoms with van der Waals surface area (Å²) in [6.07, 6.45) is 2.98. The van der Waals surface area contributed by atoms with Crippen LogP contribution in [0, 0.1) is 6.92 Å². The molecule has 0 fully saturated rings. The molecule has 19 heavy (non-hydrogen) atoms. The van der Waals surface area contributed by atoms with E-state index in [1.54, 1.807) is 0 Å². The Morgan fingerprint density at radius 2 is 1.74 bits per heavy atom. The van der Waals surface area contributed by atoms with Crippen LogP contribution in [0.25, 0.3) is 0 Å². The Labute approximate surface area is 114 Å². The van der Waals surface area contributed by atoms with Crippen molar-refractivity contribution >= 4 is 0 Å². The van der Waals surface area contributed by atoms with Gasteiger partial charge in [-0.25, -0.2) is 0 Å². The number of nitrogens with two attached hydrogens (primary N) is 1. The molecule has 0 spiro atoms. The molecule has 0 aliphatic heterocycles. The Hall–Kier alpha value is -1.68. The molecule has 0 unspecified atom stereocenters. The smallest absolute Gasteiger partial charge is 0.146 e. The monoisotopic (exact) mass is 258 g/mol. The molecule has 1 aromatic heterocycles. The van der Waals surface area contributed by atoms with Gasteiger partial charge < -0.3 is 10.3 Å². The van der Waals surface area contributed by atoms with Gasteiger partial charge in [-0.2, -0.15) is 0 Å². The number of hydrogen-bond donors (Lipinski definition) is 1. The maximum atomic E-state index is 5.69. The van der Waals surface area contributed by atoms with Crippen LogP contribution in [0.5, 0.6) is 0 Å². The molecule has 0 aliphatic carbocycles. The zero-order valence-electron chi connectivity index (χ0n) is 11.8. The number of hydrogen-bond acceptors (Lipinski definition) is 3. The van der Waals surface area contributed by atoms with Crippen molar-refractivity contribution in [3.63, 3.8) is 0 Å². The van der Waals surface area contributed by atoms with Crippen LogP contribution < -0.4 is 5.73 Å². The molecule has 102 valence electrons. The molecule has 4 heteroatoms. The first-order valence-electron chi connectivity index (χ1n) is 6.91. The lowest BCUT2D eigenvalue weighted by atomic mass is 10.1. The first-order chi connectivity index (χ1) is 9.24. The summed E-state index contributed by atoms with van der Waals surface area (Å²) < 4.78 is 2.16. The topological polar surface area (TPSA) is 56.7 Å². The van der Waals surface area contributed by atoms with E-state index in [1.807, 2.05) is 0 Å². The Morgan fingerprint density at radius 1 is 1.05 bits per heavy atom. The summed E-state index contributed by atoms with van der Waals surface area (Å²) in [5.41, 5.74) is 8.33. The molecular weight excluding hydrogens is 236 g/mol. The number of aromatic nitrogens is 3. The van der Waals surface area contributed by atoms with Crippen molar-refractivity contribution in [2.75, 3.05) is 0 Å². The van der Waals surface area contributed by atoms with Crippen LogP contribution in [0.2, 0.25) is 0 Å². The summed E-state index contributed by atoms with van der Waals surface area (Å²) in [5.74, 6) is 1.93. The highest BCUT2D eigenvalue weighted by Gasteiger charge is 2.09. The Balaban J connectivity index is 2.06. The average molecular weight is 258 g/mol. The van der Waals surface area contributed by atoms with Gasteiger partial charge >= 0.3 is 0 Å². The van der Waals surface area contributed by atoms with Gasteiger partial charge in [0.15, 0.2) is 0 Å². The standard InChI is InChI=1S/C15H22N4/c1-3-10-19-14(17-18-15(19)11-16)9-8-13-6-4-12(2)5-7-13/h4-7H,3,8-11,16H2,1-2H3. The largest absolute Gasteiger partial charge is 0.324 e. The van der Waals surface area contributed by atoms with E-state index < -0.39 is 0 Å². The third-order valence-electron chi connectivity index (χ3n) is 3.29.